The Kier molecular flexibility index (Phi) is 7.34. The van der Waals surface area contributed by atoms with Gasteiger partial charge < -0.3 is 31.6 Å². The van der Waals surface area contributed by atoms with E-state index in [4.69, 9.17) is 21.0 Å². The van der Waals surface area contributed by atoms with Gasteiger partial charge in [0, 0.05) is 23.7 Å². The van der Waals surface area contributed by atoms with Gasteiger partial charge in [-0.05, 0) is 45.7 Å². The van der Waals surface area contributed by atoms with Crippen molar-refractivity contribution in [2.24, 2.45) is 5.73 Å². The lowest BCUT2D eigenvalue weighted by Gasteiger charge is -2.20. The van der Waals surface area contributed by atoms with Gasteiger partial charge in [0.15, 0.2) is 5.78 Å². The Balaban J connectivity index is 2.57. The second kappa shape index (κ2) is 9.56. The van der Waals surface area contributed by atoms with Crippen LogP contribution in [0.25, 0.3) is 10.9 Å². The Morgan fingerprint density at radius 3 is 2.45 bits per heavy atom. The molecule has 31 heavy (non-hydrogen) atoms. The van der Waals surface area contributed by atoms with Gasteiger partial charge in [0.25, 0.3) is 6.01 Å². The van der Waals surface area contributed by atoms with Gasteiger partial charge in [0.05, 0.1) is 23.0 Å². The number of anilines is 2. The Morgan fingerprint density at radius 2 is 1.90 bits per heavy atom. The van der Waals surface area contributed by atoms with Crippen molar-refractivity contribution in [3.63, 3.8) is 0 Å². The van der Waals surface area contributed by atoms with Crippen LogP contribution in [0.1, 0.15) is 49.5 Å². The number of rotatable bonds is 9. The van der Waals surface area contributed by atoms with E-state index in [1.54, 1.807) is 6.92 Å². The number of aromatic nitrogens is 1. The third-order valence-corrected chi connectivity index (χ3v) is 4.59. The summed E-state index contributed by atoms with van der Waals surface area (Å²) in [6, 6.07) is -0.788. The van der Waals surface area contributed by atoms with Crippen molar-refractivity contribution in [1.82, 2.24) is 10.3 Å². The first-order chi connectivity index (χ1) is 14.4. The van der Waals surface area contributed by atoms with E-state index in [-0.39, 0.29) is 47.1 Å². The summed E-state index contributed by atoms with van der Waals surface area (Å²) in [5, 5.41) is 14.5. The highest BCUT2D eigenvalue weighted by molar-refractivity contribution is 6.09. The van der Waals surface area contributed by atoms with Crippen LogP contribution in [-0.2, 0) is 9.59 Å². The first-order valence-corrected chi connectivity index (χ1v) is 9.74. The molecule has 0 aliphatic heterocycles. The second-order valence-corrected chi connectivity index (χ2v) is 7.61. The van der Waals surface area contributed by atoms with E-state index in [9.17, 15) is 19.2 Å². The predicted molar refractivity (Wildman–Crippen MR) is 115 cm³/mol. The fourth-order valence-corrected chi connectivity index (χ4v) is 2.97. The monoisotopic (exact) mass is 433 g/mol. The minimum atomic E-state index is -1.16. The Hall–Kier alpha value is -3.47. The van der Waals surface area contributed by atoms with Crippen molar-refractivity contribution in [2.45, 2.75) is 58.7 Å². The largest absolute Gasteiger partial charge is 0.481 e. The molecule has 0 aliphatic rings. The number of nitrogen functional groups attached to an aromatic ring is 1. The van der Waals surface area contributed by atoms with Crippen LogP contribution in [-0.4, -0.2) is 45.9 Å². The average Bonchev–Trinajstić information content (AvgIpc) is 2.65. The lowest BCUT2D eigenvalue weighted by atomic mass is 9.94. The minimum absolute atomic E-state index is 0.0113. The number of hydrogen-bond donors (Lipinski definition) is 5. The van der Waals surface area contributed by atoms with E-state index in [1.165, 1.54) is 13.0 Å². The number of carbonyl (C=O) groups excluding carboxylic acids is 2. The van der Waals surface area contributed by atoms with Crippen molar-refractivity contribution < 1.29 is 23.9 Å². The average molecular weight is 433 g/mol. The molecule has 0 aliphatic carbocycles. The normalized spacial score (nSPS) is 13.1. The third kappa shape index (κ3) is 5.57. The second-order valence-electron chi connectivity index (χ2n) is 7.61. The number of nitrogens with zero attached hydrogens (tertiary/aromatic N) is 1. The number of carboxylic acid groups (broad SMARTS) is 1. The molecule has 0 saturated heterocycles. The number of benzene rings is 1. The van der Waals surface area contributed by atoms with E-state index >= 15 is 0 Å². The van der Waals surface area contributed by atoms with Crippen LogP contribution in [0.3, 0.4) is 0 Å². The molecule has 0 spiro atoms. The maximum absolute atomic E-state index is 13.2. The lowest BCUT2D eigenvalue weighted by Crippen LogP contribution is -2.47. The molecule has 1 aromatic heterocycles. The Morgan fingerprint density at radius 1 is 1.26 bits per heavy atom. The van der Waals surface area contributed by atoms with Crippen LogP contribution in [0.4, 0.5) is 11.7 Å². The van der Waals surface area contributed by atoms with Gasteiger partial charge in [-0.3, -0.25) is 14.4 Å². The van der Waals surface area contributed by atoms with E-state index in [2.05, 4.69) is 15.6 Å². The van der Waals surface area contributed by atoms with Gasteiger partial charge in [0.1, 0.15) is 0 Å². The summed E-state index contributed by atoms with van der Waals surface area (Å²) in [5.74, 6) is -2.34. The van der Waals surface area contributed by atoms with Crippen molar-refractivity contribution in [3.05, 3.63) is 27.6 Å². The number of nitrogens with one attached hydrogen (secondary N) is 2. The summed E-state index contributed by atoms with van der Waals surface area (Å²) in [5.41, 5.74) is 11.5. The molecular weight excluding hydrogens is 406 g/mol. The van der Waals surface area contributed by atoms with E-state index in [0.717, 1.165) is 0 Å². The summed E-state index contributed by atoms with van der Waals surface area (Å²) >= 11 is 0. The van der Waals surface area contributed by atoms with Crippen LogP contribution < -0.4 is 27.7 Å². The Bertz CT molecular complexity index is 1080. The first kappa shape index (κ1) is 23.8. The zero-order valence-electron chi connectivity index (χ0n) is 17.8. The number of amides is 1. The molecule has 1 heterocycles. The Labute approximate surface area is 178 Å². The van der Waals surface area contributed by atoms with Crippen molar-refractivity contribution in [3.8, 4) is 0 Å². The van der Waals surface area contributed by atoms with E-state index in [0.29, 0.717) is 5.56 Å². The maximum Gasteiger partial charge on any atom is 0.348 e. The fraction of sp³-hybridized carbons (Fsp3) is 0.450. The summed E-state index contributed by atoms with van der Waals surface area (Å²) in [7, 11) is 0. The summed E-state index contributed by atoms with van der Waals surface area (Å²) in [4.78, 5) is 53.0. The number of nitrogens with two attached hydrogens (primary N) is 2. The molecule has 2 atom stereocenters. The van der Waals surface area contributed by atoms with Crippen molar-refractivity contribution in [1.29, 1.82) is 0 Å². The van der Waals surface area contributed by atoms with Gasteiger partial charge in [-0.15, -0.1) is 0 Å². The van der Waals surface area contributed by atoms with Crippen LogP contribution in [0, 0.1) is 6.92 Å². The summed E-state index contributed by atoms with van der Waals surface area (Å²) in [6.07, 6.45) is -0.514. The molecule has 2 aromatic rings. The quantitative estimate of drug-likeness (QED) is 0.279. The molecular formula is C20H27N5O6. The maximum atomic E-state index is 13.2. The SMILES string of the molecule is Cc1c(N)c(C(=O)[C@H](CCC(=O)O)NC(=O)[C@H](C)N)cc2nc(NC(C)C)oc(=O)c12. The number of Topliss-reactive ketones (excluding diaryl/α,β-unsaturated/α-hetero) is 1. The fourth-order valence-electron chi connectivity index (χ4n) is 2.97. The van der Waals surface area contributed by atoms with Crippen LogP contribution >= 0.6 is 0 Å². The standard InChI is InChI=1S/C20H27N5O6/c1-8(2)23-20-25-13-7-11(16(22)9(3)15(13)19(30)31-20)17(28)12(5-6-14(26)27)24-18(29)10(4)21/h7-8,10,12H,5-6,21-22H2,1-4H3,(H,23,25)(H,24,29)(H,26,27)/t10-,12-/m0/s1. The number of aliphatic carboxylic acids is 1. The molecule has 0 fully saturated rings. The van der Waals surface area contributed by atoms with Gasteiger partial charge >= 0.3 is 11.6 Å². The number of hydrogen-bond acceptors (Lipinski definition) is 9. The zero-order chi connectivity index (χ0) is 23.5. The van der Waals surface area contributed by atoms with Gasteiger partial charge in [-0.2, -0.15) is 4.98 Å². The first-order valence-electron chi connectivity index (χ1n) is 9.74. The highest BCUT2D eigenvalue weighted by atomic mass is 16.4. The molecule has 168 valence electrons. The highest BCUT2D eigenvalue weighted by Gasteiger charge is 2.27. The van der Waals surface area contributed by atoms with Crippen molar-refractivity contribution >= 4 is 40.3 Å². The molecule has 0 unspecified atom stereocenters. The number of aryl methyl sites for hydroxylation is 1. The van der Waals surface area contributed by atoms with Crippen molar-refractivity contribution in [2.75, 3.05) is 11.1 Å². The lowest BCUT2D eigenvalue weighted by molar-refractivity contribution is -0.137. The van der Waals surface area contributed by atoms with E-state index in [1.807, 2.05) is 13.8 Å². The predicted octanol–water partition coefficient (Wildman–Crippen LogP) is 0.778. The van der Waals surface area contributed by atoms with Crippen LogP contribution in [0.15, 0.2) is 15.3 Å². The van der Waals surface area contributed by atoms with Gasteiger partial charge in [0.2, 0.25) is 5.91 Å². The molecule has 7 N–H and O–H groups in total. The minimum Gasteiger partial charge on any atom is -0.481 e. The zero-order valence-corrected chi connectivity index (χ0v) is 17.8. The van der Waals surface area contributed by atoms with Gasteiger partial charge in [-0.25, -0.2) is 4.79 Å². The van der Waals surface area contributed by atoms with E-state index < -0.39 is 35.4 Å². The molecule has 0 radical (unpaired) electrons. The summed E-state index contributed by atoms with van der Waals surface area (Å²) in [6.45, 7) is 6.66. The number of carboxylic acids is 1. The van der Waals surface area contributed by atoms with Gasteiger partial charge in [-0.1, -0.05) is 0 Å². The topological polar surface area (TPSA) is 191 Å². The molecule has 1 amide bonds. The molecule has 2 rings (SSSR count). The summed E-state index contributed by atoms with van der Waals surface area (Å²) < 4.78 is 5.17. The number of carbonyl (C=O) groups is 3. The molecule has 0 bridgehead atoms. The smallest absolute Gasteiger partial charge is 0.348 e. The third-order valence-electron chi connectivity index (χ3n) is 4.59. The van der Waals surface area contributed by atoms with Crippen LogP contribution in [0.2, 0.25) is 0 Å². The molecule has 11 nitrogen and oxygen atoms in total. The molecule has 0 saturated carbocycles. The van der Waals surface area contributed by atoms with Crippen LogP contribution in [0.5, 0.6) is 0 Å². The highest BCUT2D eigenvalue weighted by Crippen LogP contribution is 2.27. The number of fused-ring (bicyclic) bond motifs is 1. The molecule has 11 heteroatoms. The molecule has 1 aromatic carbocycles. The number of ketones is 1.